The molecule has 8 heteroatoms. The minimum Gasteiger partial charge on any atom is -0.465 e. The van der Waals surface area contributed by atoms with Crippen molar-refractivity contribution in [2.45, 2.75) is 24.7 Å². The molecule has 1 aromatic heterocycles. The second kappa shape index (κ2) is 6.55. The molecule has 6 nitrogen and oxygen atoms in total. The van der Waals surface area contributed by atoms with E-state index in [2.05, 4.69) is 4.98 Å². The Morgan fingerprint density at radius 1 is 1.36 bits per heavy atom. The van der Waals surface area contributed by atoms with Gasteiger partial charge in [-0.25, -0.2) is 18.5 Å². The van der Waals surface area contributed by atoms with Gasteiger partial charge in [-0.1, -0.05) is 12.1 Å². The van der Waals surface area contributed by atoms with Gasteiger partial charge in [0.25, 0.3) is 0 Å². The molecule has 0 fully saturated rings. The lowest BCUT2D eigenvalue weighted by Crippen LogP contribution is -2.12. The number of nitrogens with zero attached hydrogens (tertiary/aromatic N) is 1. The number of hydrogen-bond donors (Lipinski definition) is 1. The van der Waals surface area contributed by atoms with Gasteiger partial charge in [0.1, 0.15) is 10.9 Å². The van der Waals surface area contributed by atoms with E-state index >= 15 is 0 Å². The number of nitrogens with two attached hydrogens (primary N) is 1. The van der Waals surface area contributed by atoms with E-state index < -0.39 is 15.9 Å². The second-order valence-corrected chi connectivity index (χ2v) is 7.07. The molecule has 0 aliphatic heterocycles. The predicted molar refractivity (Wildman–Crippen MR) is 84.0 cm³/mol. The molecule has 118 valence electrons. The minimum absolute atomic E-state index is 0.0478. The molecular formula is C14H16N2O4S2. The number of primary sulfonamides is 1. The van der Waals surface area contributed by atoms with Gasteiger partial charge in [-0.15, -0.1) is 11.3 Å². The van der Waals surface area contributed by atoms with Crippen LogP contribution in [0, 0.1) is 0 Å². The van der Waals surface area contributed by atoms with Gasteiger partial charge in [-0.2, -0.15) is 0 Å². The number of rotatable bonds is 5. The highest BCUT2D eigenvalue weighted by Crippen LogP contribution is 2.27. The van der Waals surface area contributed by atoms with Crippen molar-refractivity contribution in [2.24, 2.45) is 5.14 Å². The van der Waals surface area contributed by atoms with Crippen molar-refractivity contribution in [3.05, 3.63) is 34.7 Å². The van der Waals surface area contributed by atoms with Crippen LogP contribution in [0.4, 0.5) is 0 Å². The van der Waals surface area contributed by atoms with Crippen molar-refractivity contribution in [2.75, 3.05) is 6.61 Å². The first-order chi connectivity index (χ1) is 10.3. The number of hydrogen-bond acceptors (Lipinski definition) is 6. The van der Waals surface area contributed by atoms with Gasteiger partial charge in [-0.3, -0.25) is 4.79 Å². The normalized spacial score (nSPS) is 12.9. The van der Waals surface area contributed by atoms with Gasteiger partial charge in [0.05, 0.1) is 17.2 Å². The Morgan fingerprint density at radius 2 is 2.00 bits per heavy atom. The number of carbonyl (C=O) groups excluding carboxylic acids is 1. The van der Waals surface area contributed by atoms with E-state index in [1.807, 2.05) is 5.38 Å². The Kier molecular flexibility index (Phi) is 4.94. The van der Waals surface area contributed by atoms with Crippen LogP contribution in [0.5, 0.6) is 0 Å². The van der Waals surface area contributed by atoms with Crippen molar-refractivity contribution in [1.29, 1.82) is 0 Å². The summed E-state index contributed by atoms with van der Waals surface area (Å²) in [7, 11) is -3.71. The molecule has 1 aromatic carbocycles. The van der Waals surface area contributed by atoms with E-state index in [9.17, 15) is 13.2 Å². The molecule has 0 aliphatic rings. The largest absolute Gasteiger partial charge is 0.465 e. The molecule has 0 aliphatic carbocycles. The SMILES string of the molecule is CCOC(=O)[C@@H](C)c1nc(-c2ccc(S(N)(=O)=O)cc2)cs1. The molecule has 1 heterocycles. The summed E-state index contributed by atoms with van der Waals surface area (Å²) in [4.78, 5) is 16.2. The third-order valence-corrected chi connectivity index (χ3v) is 4.97. The maximum Gasteiger partial charge on any atom is 0.315 e. The quantitative estimate of drug-likeness (QED) is 0.841. The van der Waals surface area contributed by atoms with Crippen LogP contribution in [-0.4, -0.2) is 26.0 Å². The van der Waals surface area contributed by atoms with Gasteiger partial charge < -0.3 is 4.74 Å². The number of esters is 1. The average Bonchev–Trinajstić information content (AvgIpc) is 2.95. The van der Waals surface area contributed by atoms with E-state index in [1.54, 1.807) is 26.0 Å². The topological polar surface area (TPSA) is 99.3 Å². The van der Waals surface area contributed by atoms with Crippen molar-refractivity contribution >= 4 is 27.3 Å². The summed E-state index contributed by atoms with van der Waals surface area (Å²) in [6, 6.07) is 6.12. The minimum atomic E-state index is -3.71. The summed E-state index contributed by atoms with van der Waals surface area (Å²) < 4.78 is 27.4. The monoisotopic (exact) mass is 340 g/mol. The third kappa shape index (κ3) is 3.70. The number of thiazole rings is 1. The highest BCUT2D eigenvalue weighted by molar-refractivity contribution is 7.89. The molecule has 0 unspecified atom stereocenters. The summed E-state index contributed by atoms with van der Waals surface area (Å²) in [5.74, 6) is -0.740. The van der Waals surface area contributed by atoms with Gasteiger partial charge >= 0.3 is 5.97 Å². The summed E-state index contributed by atoms with van der Waals surface area (Å²) in [5, 5.41) is 7.53. The van der Waals surface area contributed by atoms with Crippen LogP contribution < -0.4 is 5.14 Å². The molecule has 0 saturated heterocycles. The lowest BCUT2D eigenvalue weighted by molar-refractivity contribution is -0.144. The van der Waals surface area contributed by atoms with E-state index in [0.29, 0.717) is 17.3 Å². The van der Waals surface area contributed by atoms with Gasteiger partial charge in [-0.05, 0) is 26.0 Å². The van der Waals surface area contributed by atoms with Gasteiger partial charge in [0.2, 0.25) is 10.0 Å². The zero-order valence-corrected chi connectivity index (χ0v) is 13.8. The molecule has 0 saturated carbocycles. The van der Waals surface area contributed by atoms with E-state index in [0.717, 1.165) is 5.56 Å². The van der Waals surface area contributed by atoms with Gasteiger partial charge in [0, 0.05) is 10.9 Å². The zero-order valence-electron chi connectivity index (χ0n) is 12.1. The van der Waals surface area contributed by atoms with Crippen molar-refractivity contribution < 1.29 is 17.9 Å². The van der Waals surface area contributed by atoms with Crippen LogP contribution in [0.2, 0.25) is 0 Å². The standard InChI is InChI=1S/C14H16N2O4S2/c1-3-20-14(17)9(2)13-16-12(8-21-13)10-4-6-11(7-5-10)22(15,18)19/h4-9H,3H2,1-2H3,(H2,15,18,19)/t9-/m0/s1. The molecule has 1 atom stereocenters. The second-order valence-electron chi connectivity index (χ2n) is 4.61. The Hall–Kier alpha value is -1.77. The first-order valence-electron chi connectivity index (χ1n) is 6.58. The van der Waals surface area contributed by atoms with Crippen LogP contribution in [0.3, 0.4) is 0 Å². The van der Waals surface area contributed by atoms with Crippen molar-refractivity contribution in [3.63, 3.8) is 0 Å². The average molecular weight is 340 g/mol. The van der Waals surface area contributed by atoms with Crippen LogP contribution in [0.15, 0.2) is 34.5 Å². The highest BCUT2D eigenvalue weighted by atomic mass is 32.2. The highest BCUT2D eigenvalue weighted by Gasteiger charge is 2.20. The molecule has 22 heavy (non-hydrogen) atoms. The Labute approximate surface area is 133 Å². The van der Waals surface area contributed by atoms with Crippen LogP contribution in [0.1, 0.15) is 24.8 Å². The van der Waals surface area contributed by atoms with Crippen LogP contribution in [0.25, 0.3) is 11.3 Å². The first-order valence-corrected chi connectivity index (χ1v) is 9.00. The van der Waals surface area contributed by atoms with E-state index in [4.69, 9.17) is 9.88 Å². The van der Waals surface area contributed by atoms with E-state index in [-0.39, 0.29) is 10.9 Å². The number of sulfonamides is 1. The number of benzene rings is 1. The summed E-state index contributed by atoms with van der Waals surface area (Å²) in [5.41, 5.74) is 1.43. The zero-order chi connectivity index (χ0) is 16.3. The van der Waals surface area contributed by atoms with Crippen LogP contribution in [-0.2, 0) is 19.6 Å². The first kappa shape index (κ1) is 16.6. The Morgan fingerprint density at radius 3 is 2.55 bits per heavy atom. The number of aromatic nitrogens is 1. The molecule has 2 N–H and O–H groups in total. The molecule has 2 aromatic rings. The summed E-state index contributed by atoms with van der Waals surface area (Å²) >= 11 is 1.36. The smallest absolute Gasteiger partial charge is 0.315 e. The Balaban J connectivity index is 2.23. The predicted octanol–water partition coefficient (Wildman–Crippen LogP) is 2.12. The van der Waals surface area contributed by atoms with Crippen molar-refractivity contribution in [1.82, 2.24) is 4.98 Å². The number of carbonyl (C=O) groups is 1. The fraction of sp³-hybridized carbons (Fsp3) is 0.286. The number of ether oxygens (including phenoxy) is 1. The fourth-order valence-electron chi connectivity index (χ4n) is 1.80. The molecule has 2 rings (SSSR count). The molecule has 0 bridgehead atoms. The fourth-order valence-corrected chi connectivity index (χ4v) is 3.19. The lowest BCUT2D eigenvalue weighted by Gasteiger charge is -2.06. The molecular weight excluding hydrogens is 324 g/mol. The van der Waals surface area contributed by atoms with Crippen LogP contribution >= 0.6 is 11.3 Å². The molecule has 0 radical (unpaired) electrons. The lowest BCUT2D eigenvalue weighted by atomic mass is 10.1. The maximum atomic E-state index is 11.7. The molecule has 0 spiro atoms. The van der Waals surface area contributed by atoms with Gasteiger partial charge in [0.15, 0.2) is 0 Å². The van der Waals surface area contributed by atoms with Crippen molar-refractivity contribution in [3.8, 4) is 11.3 Å². The van der Waals surface area contributed by atoms with E-state index in [1.165, 1.54) is 23.5 Å². The maximum absolute atomic E-state index is 11.7. The summed E-state index contributed by atoms with van der Waals surface area (Å²) in [6.07, 6.45) is 0. The third-order valence-electron chi connectivity index (χ3n) is 3.01. The summed E-state index contributed by atoms with van der Waals surface area (Å²) in [6.45, 7) is 3.83. The Bertz CT molecular complexity index is 766. The molecule has 0 amide bonds.